The second-order valence-corrected chi connectivity index (χ2v) is 7.76. The Hall–Kier alpha value is -1.59. The minimum absolute atomic E-state index is 0. The van der Waals surface area contributed by atoms with E-state index in [0.717, 1.165) is 17.7 Å². The Labute approximate surface area is 187 Å². The molecular formula is C23H33Cl2N3O. The third-order valence-electron chi connectivity index (χ3n) is 5.43. The van der Waals surface area contributed by atoms with Crippen molar-refractivity contribution in [2.75, 3.05) is 13.1 Å². The summed E-state index contributed by atoms with van der Waals surface area (Å²) in [6, 6.07) is 18.0. The smallest absolute Gasteiger partial charge is 0.244 e. The van der Waals surface area contributed by atoms with Crippen molar-refractivity contribution in [1.82, 2.24) is 10.2 Å². The summed E-state index contributed by atoms with van der Waals surface area (Å²) >= 11 is 0. The maximum atomic E-state index is 12.6. The molecule has 0 spiro atoms. The van der Waals surface area contributed by atoms with Crippen molar-refractivity contribution in [3.8, 4) is 0 Å². The number of halogens is 2. The van der Waals surface area contributed by atoms with E-state index >= 15 is 0 Å². The molecule has 1 aliphatic heterocycles. The number of amides is 1. The van der Waals surface area contributed by atoms with Crippen LogP contribution in [0.4, 0.5) is 0 Å². The second-order valence-electron chi connectivity index (χ2n) is 7.76. The van der Waals surface area contributed by atoms with Crippen LogP contribution >= 0.6 is 24.8 Å². The molecule has 160 valence electrons. The molecule has 4 nitrogen and oxygen atoms in total. The van der Waals surface area contributed by atoms with Crippen molar-refractivity contribution in [3.63, 3.8) is 0 Å². The van der Waals surface area contributed by atoms with E-state index in [9.17, 15) is 4.79 Å². The first-order chi connectivity index (χ1) is 13.1. The molecule has 0 bridgehead atoms. The summed E-state index contributed by atoms with van der Waals surface area (Å²) in [4.78, 5) is 15.1. The summed E-state index contributed by atoms with van der Waals surface area (Å²) < 4.78 is 0. The number of carbonyl (C=O) groups is 1. The summed E-state index contributed by atoms with van der Waals surface area (Å²) in [6.07, 6.45) is 5.34. The molecular weight excluding hydrogens is 405 g/mol. The largest absolute Gasteiger partial charge is 0.350 e. The molecule has 2 aromatic rings. The lowest BCUT2D eigenvalue weighted by atomic mass is 9.92. The van der Waals surface area contributed by atoms with Gasteiger partial charge in [0.2, 0.25) is 5.91 Å². The SMILES string of the molecule is CC(N)(C(=O)NCc1ccc(CN2CCCCCC2)cc1)c1ccccc1.Cl.Cl. The summed E-state index contributed by atoms with van der Waals surface area (Å²) in [7, 11) is 0. The molecule has 3 rings (SSSR count). The fraction of sp³-hybridized carbons (Fsp3) is 0.435. The molecule has 6 heteroatoms. The molecule has 0 saturated carbocycles. The van der Waals surface area contributed by atoms with Crippen LogP contribution in [0.1, 0.15) is 49.3 Å². The quantitative estimate of drug-likeness (QED) is 0.703. The molecule has 1 unspecified atom stereocenters. The van der Waals surface area contributed by atoms with Gasteiger partial charge in [-0.1, -0.05) is 67.4 Å². The van der Waals surface area contributed by atoms with Gasteiger partial charge >= 0.3 is 0 Å². The van der Waals surface area contributed by atoms with Crippen molar-refractivity contribution in [3.05, 3.63) is 71.3 Å². The number of nitrogens with zero attached hydrogens (tertiary/aromatic N) is 1. The average Bonchev–Trinajstić information content (AvgIpc) is 2.96. The van der Waals surface area contributed by atoms with Crippen LogP contribution in [0.3, 0.4) is 0 Å². The highest BCUT2D eigenvalue weighted by Crippen LogP contribution is 2.18. The molecule has 29 heavy (non-hydrogen) atoms. The zero-order chi connectivity index (χ0) is 19.1. The minimum atomic E-state index is -1.03. The molecule has 1 atom stereocenters. The maximum Gasteiger partial charge on any atom is 0.244 e. The van der Waals surface area contributed by atoms with Gasteiger partial charge in [0.05, 0.1) is 0 Å². The zero-order valence-corrected chi connectivity index (χ0v) is 18.7. The Balaban J connectivity index is 0.00000210. The molecule has 0 radical (unpaired) electrons. The van der Waals surface area contributed by atoms with Crippen molar-refractivity contribution in [2.24, 2.45) is 5.73 Å². The topological polar surface area (TPSA) is 58.4 Å². The van der Waals surface area contributed by atoms with Crippen LogP contribution in [0.5, 0.6) is 0 Å². The number of hydrogen-bond acceptors (Lipinski definition) is 3. The number of likely N-dealkylation sites (tertiary alicyclic amines) is 1. The standard InChI is InChI=1S/C23H31N3O.2ClH/c1-23(24,21-9-5-4-6-10-21)22(27)25-17-19-11-13-20(14-12-19)18-26-15-7-2-3-8-16-26;;/h4-6,9-14H,2-3,7-8,15-18,24H2,1H3,(H,25,27);2*1H. The fourth-order valence-corrected chi connectivity index (χ4v) is 3.60. The number of benzene rings is 2. The molecule has 1 saturated heterocycles. The van der Waals surface area contributed by atoms with Crippen LogP contribution in [-0.4, -0.2) is 23.9 Å². The lowest BCUT2D eigenvalue weighted by molar-refractivity contribution is -0.126. The Kier molecular flexibility index (Phi) is 10.7. The van der Waals surface area contributed by atoms with Crippen LogP contribution in [0, 0.1) is 0 Å². The Morgan fingerprint density at radius 2 is 1.48 bits per heavy atom. The van der Waals surface area contributed by atoms with Crippen LogP contribution in [0.2, 0.25) is 0 Å². The van der Waals surface area contributed by atoms with E-state index < -0.39 is 5.54 Å². The fourth-order valence-electron chi connectivity index (χ4n) is 3.60. The van der Waals surface area contributed by atoms with E-state index in [1.54, 1.807) is 6.92 Å². The van der Waals surface area contributed by atoms with E-state index in [-0.39, 0.29) is 30.7 Å². The normalized spacial score (nSPS) is 16.5. The second kappa shape index (κ2) is 12.2. The van der Waals surface area contributed by atoms with Crippen LogP contribution in [-0.2, 0) is 23.4 Å². The van der Waals surface area contributed by atoms with Gasteiger partial charge in [-0.3, -0.25) is 9.69 Å². The number of carbonyl (C=O) groups excluding carboxylic acids is 1. The highest BCUT2D eigenvalue weighted by Gasteiger charge is 2.29. The molecule has 2 aromatic carbocycles. The van der Waals surface area contributed by atoms with E-state index in [2.05, 4.69) is 34.5 Å². The van der Waals surface area contributed by atoms with Crippen LogP contribution < -0.4 is 11.1 Å². The molecule has 0 aliphatic carbocycles. The summed E-state index contributed by atoms with van der Waals surface area (Å²) in [5.74, 6) is -0.164. The van der Waals surface area contributed by atoms with Gasteiger partial charge in [-0.05, 0) is 49.5 Å². The number of nitrogens with two attached hydrogens (primary N) is 1. The number of rotatable bonds is 6. The molecule has 1 heterocycles. The predicted molar refractivity (Wildman–Crippen MR) is 125 cm³/mol. The van der Waals surface area contributed by atoms with Crippen molar-refractivity contribution in [1.29, 1.82) is 0 Å². The lowest BCUT2D eigenvalue weighted by Crippen LogP contribution is -2.48. The third-order valence-corrected chi connectivity index (χ3v) is 5.43. The highest BCUT2D eigenvalue weighted by atomic mass is 35.5. The van der Waals surface area contributed by atoms with Crippen molar-refractivity contribution in [2.45, 2.75) is 51.2 Å². The van der Waals surface area contributed by atoms with Gasteiger partial charge in [-0.15, -0.1) is 24.8 Å². The van der Waals surface area contributed by atoms with Gasteiger partial charge in [0.15, 0.2) is 0 Å². The van der Waals surface area contributed by atoms with Gasteiger partial charge in [0.1, 0.15) is 5.54 Å². The molecule has 1 fully saturated rings. The molecule has 1 amide bonds. The van der Waals surface area contributed by atoms with Gasteiger partial charge in [0.25, 0.3) is 0 Å². The summed E-state index contributed by atoms with van der Waals surface area (Å²) in [5, 5.41) is 2.97. The predicted octanol–water partition coefficient (Wildman–Crippen LogP) is 4.40. The Morgan fingerprint density at radius 1 is 0.931 bits per heavy atom. The van der Waals surface area contributed by atoms with Crippen LogP contribution in [0.15, 0.2) is 54.6 Å². The van der Waals surface area contributed by atoms with Gasteiger partial charge in [-0.25, -0.2) is 0 Å². The Bertz CT molecular complexity index is 728. The van der Waals surface area contributed by atoms with Crippen LogP contribution in [0.25, 0.3) is 0 Å². The first-order valence-electron chi connectivity index (χ1n) is 9.98. The maximum absolute atomic E-state index is 12.6. The van der Waals surface area contributed by atoms with E-state index in [0.29, 0.717) is 6.54 Å². The van der Waals surface area contributed by atoms with Gasteiger partial charge in [0, 0.05) is 13.1 Å². The zero-order valence-electron chi connectivity index (χ0n) is 17.1. The summed E-state index contributed by atoms with van der Waals surface area (Å²) in [5.41, 5.74) is 8.47. The van der Waals surface area contributed by atoms with E-state index in [4.69, 9.17) is 5.73 Å². The average molecular weight is 438 g/mol. The first-order valence-corrected chi connectivity index (χ1v) is 9.98. The molecule has 0 aromatic heterocycles. The van der Waals surface area contributed by atoms with Gasteiger partial charge < -0.3 is 11.1 Å². The number of hydrogen-bond donors (Lipinski definition) is 2. The van der Waals surface area contributed by atoms with E-state index in [1.165, 1.54) is 44.3 Å². The van der Waals surface area contributed by atoms with Gasteiger partial charge in [-0.2, -0.15) is 0 Å². The minimum Gasteiger partial charge on any atom is -0.350 e. The summed E-state index contributed by atoms with van der Waals surface area (Å²) in [6.45, 7) is 5.66. The molecule has 1 aliphatic rings. The van der Waals surface area contributed by atoms with Crippen molar-refractivity contribution >= 4 is 30.7 Å². The number of nitrogens with one attached hydrogen (secondary N) is 1. The lowest BCUT2D eigenvalue weighted by Gasteiger charge is -2.24. The molecule has 3 N–H and O–H groups in total. The first kappa shape index (κ1) is 25.4. The van der Waals surface area contributed by atoms with E-state index in [1.807, 2.05) is 30.3 Å². The Morgan fingerprint density at radius 3 is 2.07 bits per heavy atom. The monoisotopic (exact) mass is 437 g/mol. The highest BCUT2D eigenvalue weighted by molar-refractivity contribution is 5.87. The third kappa shape index (κ3) is 7.31. The van der Waals surface area contributed by atoms with Crippen molar-refractivity contribution < 1.29 is 4.79 Å².